The molecule has 0 radical (unpaired) electrons. The molecule has 0 saturated carbocycles. The number of aliphatic hydroxyl groups is 1. The Morgan fingerprint density at radius 3 is 2.67 bits per heavy atom. The number of aliphatic hydroxyl groups excluding tert-OH is 1. The zero-order valence-corrected chi connectivity index (χ0v) is 13.3. The number of thiophene rings is 1. The van der Waals surface area contributed by atoms with Crippen LogP contribution in [0, 0.1) is 5.92 Å². The molecule has 3 nitrogen and oxygen atoms in total. The molecule has 5 heteroatoms. The van der Waals surface area contributed by atoms with Gasteiger partial charge in [0.15, 0.2) is 0 Å². The summed E-state index contributed by atoms with van der Waals surface area (Å²) in [5.41, 5.74) is 0.741. The molecule has 1 aromatic carbocycles. The number of hydrogen-bond donors (Lipinski definition) is 2. The van der Waals surface area contributed by atoms with Crippen LogP contribution < -0.4 is 5.32 Å². The Labute approximate surface area is 133 Å². The van der Waals surface area contributed by atoms with E-state index < -0.39 is 6.10 Å². The first-order chi connectivity index (χ1) is 10.1. The van der Waals surface area contributed by atoms with Crippen molar-refractivity contribution < 1.29 is 9.90 Å². The molecule has 112 valence electrons. The molecular formula is C16H18ClNO2S. The van der Waals surface area contributed by atoms with Gasteiger partial charge in [0.05, 0.1) is 6.10 Å². The van der Waals surface area contributed by atoms with Crippen LogP contribution >= 0.6 is 22.9 Å². The van der Waals surface area contributed by atoms with Crippen molar-refractivity contribution >= 4 is 28.8 Å². The van der Waals surface area contributed by atoms with Crippen LogP contribution in [-0.2, 0) is 11.2 Å². The van der Waals surface area contributed by atoms with Crippen LogP contribution in [0.4, 0.5) is 0 Å². The number of carbonyl (C=O) groups excluding carboxylic acids is 1. The standard InChI is InChI=1S/C16H18ClNO2S/c1-11(9-14-3-2-8-21-14)16(20)18-10-15(19)12-4-6-13(17)7-5-12/h2-8,11,15,19H,9-10H2,1H3,(H,18,20). The van der Waals surface area contributed by atoms with Crippen molar-refractivity contribution in [3.05, 3.63) is 57.2 Å². The fraction of sp³-hybridized carbons (Fsp3) is 0.312. The summed E-state index contributed by atoms with van der Waals surface area (Å²) in [6.45, 7) is 2.10. The van der Waals surface area contributed by atoms with Gasteiger partial charge in [-0.15, -0.1) is 11.3 Å². The Morgan fingerprint density at radius 1 is 1.33 bits per heavy atom. The second kappa shape index (κ2) is 7.59. The van der Waals surface area contributed by atoms with Crippen LogP contribution in [0.5, 0.6) is 0 Å². The number of rotatable bonds is 6. The maximum absolute atomic E-state index is 12.0. The monoisotopic (exact) mass is 323 g/mol. The normalized spacial score (nSPS) is 13.7. The predicted octanol–water partition coefficient (Wildman–Crippen LogP) is 3.43. The third-order valence-electron chi connectivity index (χ3n) is 3.26. The van der Waals surface area contributed by atoms with Gasteiger partial charge in [-0.1, -0.05) is 36.7 Å². The molecule has 21 heavy (non-hydrogen) atoms. The minimum Gasteiger partial charge on any atom is -0.387 e. The lowest BCUT2D eigenvalue weighted by Crippen LogP contribution is -2.33. The highest BCUT2D eigenvalue weighted by atomic mass is 35.5. The van der Waals surface area contributed by atoms with Crippen molar-refractivity contribution in [2.24, 2.45) is 5.92 Å². The first-order valence-electron chi connectivity index (χ1n) is 6.80. The predicted molar refractivity (Wildman–Crippen MR) is 86.6 cm³/mol. The van der Waals surface area contributed by atoms with Gasteiger partial charge in [-0.25, -0.2) is 0 Å². The zero-order valence-electron chi connectivity index (χ0n) is 11.8. The number of benzene rings is 1. The average Bonchev–Trinajstić information content (AvgIpc) is 2.98. The van der Waals surface area contributed by atoms with Crippen molar-refractivity contribution in [2.75, 3.05) is 6.54 Å². The Kier molecular flexibility index (Phi) is 5.79. The summed E-state index contributed by atoms with van der Waals surface area (Å²) in [6.07, 6.45) is 0.000679. The summed E-state index contributed by atoms with van der Waals surface area (Å²) >= 11 is 7.45. The van der Waals surface area contributed by atoms with E-state index in [9.17, 15) is 9.90 Å². The lowest BCUT2D eigenvalue weighted by atomic mass is 10.1. The van der Waals surface area contributed by atoms with Crippen molar-refractivity contribution in [3.63, 3.8) is 0 Å². The highest BCUT2D eigenvalue weighted by molar-refractivity contribution is 7.09. The molecule has 1 heterocycles. The smallest absolute Gasteiger partial charge is 0.223 e. The summed E-state index contributed by atoms with van der Waals surface area (Å²) < 4.78 is 0. The third-order valence-corrected chi connectivity index (χ3v) is 4.41. The summed E-state index contributed by atoms with van der Waals surface area (Å²) in [4.78, 5) is 13.2. The second-order valence-electron chi connectivity index (χ2n) is 5.00. The number of hydrogen-bond acceptors (Lipinski definition) is 3. The van der Waals surface area contributed by atoms with E-state index in [2.05, 4.69) is 5.32 Å². The van der Waals surface area contributed by atoms with Gasteiger partial charge < -0.3 is 10.4 Å². The Bertz CT molecular complexity index is 568. The summed E-state index contributed by atoms with van der Waals surface area (Å²) in [5.74, 6) is -0.155. The van der Waals surface area contributed by atoms with Crippen LogP contribution in [0.25, 0.3) is 0 Å². The molecule has 2 aromatic rings. The first-order valence-corrected chi connectivity index (χ1v) is 8.05. The Hall–Kier alpha value is -1.36. The van der Waals surface area contributed by atoms with Crippen LogP contribution in [0.1, 0.15) is 23.5 Å². The first kappa shape index (κ1) is 16.0. The van der Waals surface area contributed by atoms with Crippen LogP contribution in [0.3, 0.4) is 0 Å². The van der Waals surface area contributed by atoms with Gasteiger partial charge in [0.1, 0.15) is 0 Å². The molecule has 2 rings (SSSR count). The Morgan fingerprint density at radius 2 is 2.05 bits per heavy atom. The summed E-state index contributed by atoms with van der Waals surface area (Å²) in [5, 5.41) is 15.5. The second-order valence-corrected chi connectivity index (χ2v) is 6.47. The van der Waals surface area contributed by atoms with Gasteiger partial charge >= 0.3 is 0 Å². The molecular weight excluding hydrogens is 306 g/mol. The minimum absolute atomic E-state index is 0.0450. The third kappa shape index (κ3) is 4.84. The molecule has 2 unspecified atom stereocenters. The molecule has 0 aliphatic heterocycles. The maximum atomic E-state index is 12.0. The average molecular weight is 324 g/mol. The molecule has 2 atom stereocenters. The van der Waals surface area contributed by atoms with E-state index in [-0.39, 0.29) is 18.4 Å². The molecule has 0 saturated heterocycles. The van der Waals surface area contributed by atoms with E-state index in [1.54, 1.807) is 35.6 Å². The lowest BCUT2D eigenvalue weighted by molar-refractivity contribution is -0.124. The fourth-order valence-electron chi connectivity index (χ4n) is 2.00. The van der Waals surface area contributed by atoms with E-state index in [4.69, 9.17) is 11.6 Å². The van der Waals surface area contributed by atoms with E-state index in [1.165, 1.54) is 4.88 Å². The van der Waals surface area contributed by atoms with Gasteiger partial charge in [-0.3, -0.25) is 4.79 Å². The van der Waals surface area contributed by atoms with Crippen molar-refractivity contribution in [1.29, 1.82) is 0 Å². The number of halogens is 1. The van der Waals surface area contributed by atoms with Crippen LogP contribution in [0.2, 0.25) is 5.02 Å². The van der Waals surface area contributed by atoms with Gasteiger partial charge in [0, 0.05) is 22.4 Å². The van der Waals surface area contributed by atoms with Gasteiger partial charge in [0.2, 0.25) is 5.91 Å². The van der Waals surface area contributed by atoms with Gasteiger partial charge in [-0.2, -0.15) is 0 Å². The van der Waals surface area contributed by atoms with Crippen LogP contribution in [-0.4, -0.2) is 17.6 Å². The highest BCUT2D eigenvalue weighted by Gasteiger charge is 2.16. The maximum Gasteiger partial charge on any atom is 0.223 e. The number of amides is 1. The van der Waals surface area contributed by atoms with E-state index in [0.717, 1.165) is 12.0 Å². The molecule has 2 N–H and O–H groups in total. The molecule has 1 aromatic heterocycles. The molecule has 0 fully saturated rings. The quantitative estimate of drug-likeness (QED) is 0.855. The number of carbonyl (C=O) groups is 1. The van der Waals surface area contributed by atoms with Crippen molar-refractivity contribution in [2.45, 2.75) is 19.4 Å². The Balaban J connectivity index is 1.81. The molecule has 0 aliphatic carbocycles. The largest absolute Gasteiger partial charge is 0.387 e. The van der Waals surface area contributed by atoms with Gasteiger partial charge in [0.25, 0.3) is 0 Å². The SMILES string of the molecule is CC(Cc1cccs1)C(=O)NCC(O)c1ccc(Cl)cc1. The topological polar surface area (TPSA) is 49.3 Å². The van der Waals surface area contributed by atoms with E-state index in [0.29, 0.717) is 5.02 Å². The highest BCUT2D eigenvalue weighted by Crippen LogP contribution is 2.17. The van der Waals surface area contributed by atoms with E-state index >= 15 is 0 Å². The lowest BCUT2D eigenvalue weighted by Gasteiger charge is -2.15. The van der Waals surface area contributed by atoms with E-state index in [1.807, 2.05) is 24.4 Å². The minimum atomic E-state index is -0.722. The molecule has 0 aliphatic rings. The van der Waals surface area contributed by atoms with Crippen molar-refractivity contribution in [3.8, 4) is 0 Å². The van der Waals surface area contributed by atoms with Crippen molar-refractivity contribution in [1.82, 2.24) is 5.32 Å². The number of nitrogens with one attached hydrogen (secondary N) is 1. The molecule has 1 amide bonds. The molecule has 0 spiro atoms. The summed E-state index contributed by atoms with van der Waals surface area (Å²) in [6, 6.07) is 11.0. The van der Waals surface area contributed by atoms with Crippen LogP contribution in [0.15, 0.2) is 41.8 Å². The fourth-order valence-corrected chi connectivity index (χ4v) is 2.96. The zero-order chi connectivity index (χ0) is 15.2. The van der Waals surface area contributed by atoms with Gasteiger partial charge in [-0.05, 0) is 35.6 Å². The summed E-state index contributed by atoms with van der Waals surface area (Å²) in [7, 11) is 0. The molecule has 0 bridgehead atoms.